The highest BCUT2D eigenvalue weighted by molar-refractivity contribution is 14.1. The lowest BCUT2D eigenvalue weighted by Gasteiger charge is -2.28. The Bertz CT molecular complexity index is 3670. The van der Waals surface area contributed by atoms with Crippen molar-refractivity contribution >= 4 is 121 Å². The van der Waals surface area contributed by atoms with Crippen LogP contribution in [0.5, 0.6) is 5.75 Å². The summed E-state index contributed by atoms with van der Waals surface area (Å²) in [5.41, 5.74) is 6.87. The first-order valence-corrected chi connectivity index (χ1v) is 38.4. The molecule has 4 aromatic rings. The number of ketones is 2. The maximum absolute atomic E-state index is 13.7. The standard InChI is InChI=1S/C43H53N5O10.C31H45IN6O7S2/c1-27-13-16-30(17-14-27)24-38(42(54)47-36(40(52)44-4)18-15-28(2)49)48-41(53)37(23-29(3)50)46-39(51)26-57-22-21-56-20-19-45-43(55)58-25-35-33-11-7-5-9-31(33)32-10-6-8-12-34(32)35;1-16(2)8-21-29(43)37-23(27(41)33-5)15-47-46-14-18(4)31(45)38-13-17(3)9-24(38)30(44)36-22(28(42)34-12-26(40)35-21)11-19-6-7-25(39)20(32)10-19/h5-14,16-17,35-38H,15,18-26H2,1-4H3,(H,44,52)(H,45,55)(H,46,51)(H,47,54)(H,48,53);6-7,10,16-18,21-24,39H,8-9,11-15H2,1-5H3,(H,33,41)(H,34,42)(H,35,40)(H,36,44)(H,37,43)/t36-,37+,38+;17-,18+,21+,22+,23+,24+/m11/s1. The summed E-state index contributed by atoms with van der Waals surface area (Å²) in [6.07, 6.45) is 0.0172. The van der Waals surface area contributed by atoms with Crippen LogP contribution in [0.3, 0.4) is 0 Å². The molecule has 0 unspecified atom stereocenters. The van der Waals surface area contributed by atoms with Crippen LogP contribution in [0.25, 0.3) is 11.1 Å². The predicted molar refractivity (Wildman–Crippen MR) is 405 cm³/mol. The molecule has 105 heavy (non-hydrogen) atoms. The molecule has 28 nitrogen and oxygen atoms in total. The van der Waals surface area contributed by atoms with Gasteiger partial charge in [-0.1, -0.05) is 134 Å². The van der Waals surface area contributed by atoms with Crippen LogP contribution in [0.1, 0.15) is 107 Å². The molecule has 4 aromatic carbocycles. The van der Waals surface area contributed by atoms with Gasteiger partial charge in [-0.25, -0.2) is 4.79 Å². The molecule has 2 saturated heterocycles. The molecule has 570 valence electrons. The Morgan fingerprint density at radius 3 is 1.97 bits per heavy atom. The van der Waals surface area contributed by atoms with Crippen molar-refractivity contribution in [2.45, 2.75) is 142 Å². The van der Waals surface area contributed by atoms with E-state index in [0.717, 1.165) is 27.8 Å². The number of phenolic OH excluding ortho intramolecular Hbond substituents is 1. The minimum Gasteiger partial charge on any atom is -0.507 e. The Labute approximate surface area is 633 Å². The summed E-state index contributed by atoms with van der Waals surface area (Å²) in [6, 6.07) is 21.0. The molecule has 1 aliphatic carbocycles. The number of likely N-dealkylation sites (N-methyl/N-ethyl adjacent to an activating group) is 2. The van der Waals surface area contributed by atoms with E-state index in [9.17, 15) is 67.4 Å². The lowest BCUT2D eigenvalue weighted by molar-refractivity contribution is -0.141. The number of ether oxygens (including phenoxy) is 3. The number of fused-ring (bicyclic) bond motifs is 4. The lowest BCUT2D eigenvalue weighted by Crippen LogP contribution is -2.57. The van der Waals surface area contributed by atoms with Gasteiger partial charge in [-0.05, 0) is 120 Å². The number of phenols is 1. The second kappa shape index (κ2) is 43.1. The van der Waals surface area contributed by atoms with Gasteiger partial charge in [-0.15, -0.1) is 0 Å². The molecule has 2 heterocycles. The van der Waals surface area contributed by atoms with Crippen LogP contribution in [0, 0.1) is 28.2 Å². The highest BCUT2D eigenvalue weighted by Gasteiger charge is 2.41. The van der Waals surface area contributed by atoms with Gasteiger partial charge in [-0.2, -0.15) is 0 Å². The fraction of sp³-hybridized carbons (Fsp3) is 0.500. The van der Waals surface area contributed by atoms with Gasteiger partial charge in [0.25, 0.3) is 0 Å². The van der Waals surface area contributed by atoms with Crippen molar-refractivity contribution in [3.8, 4) is 16.9 Å². The van der Waals surface area contributed by atoms with E-state index >= 15 is 0 Å². The molecule has 11 N–H and O–H groups in total. The zero-order valence-electron chi connectivity index (χ0n) is 60.7. The summed E-state index contributed by atoms with van der Waals surface area (Å²) in [5.74, 6) is -5.70. The van der Waals surface area contributed by atoms with Gasteiger partial charge in [0.2, 0.25) is 59.1 Å². The number of carbonyl (C=O) groups is 13. The Kier molecular flexibility index (Phi) is 35.0. The predicted octanol–water partition coefficient (Wildman–Crippen LogP) is 3.83. The van der Waals surface area contributed by atoms with E-state index in [1.165, 1.54) is 55.6 Å². The first-order valence-electron chi connectivity index (χ1n) is 34.9. The van der Waals surface area contributed by atoms with Gasteiger partial charge < -0.3 is 82.2 Å². The third-order valence-corrected chi connectivity index (χ3v) is 20.8. The van der Waals surface area contributed by atoms with E-state index in [4.69, 9.17) is 14.2 Å². The highest BCUT2D eigenvalue weighted by atomic mass is 127. The summed E-state index contributed by atoms with van der Waals surface area (Å²) >= 11 is 1.97. The van der Waals surface area contributed by atoms with Gasteiger partial charge in [0, 0.05) is 76.2 Å². The summed E-state index contributed by atoms with van der Waals surface area (Å²) < 4.78 is 17.0. The number of amides is 11. The Balaban J connectivity index is 0.000000337. The fourth-order valence-corrected chi connectivity index (χ4v) is 15.0. The molecular weight excluding hydrogens is 1510 g/mol. The first kappa shape index (κ1) is 85.3. The number of hydrogen-bond acceptors (Lipinski definition) is 19. The van der Waals surface area contributed by atoms with E-state index in [2.05, 4.69) is 65.3 Å². The number of rotatable bonds is 28. The smallest absolute Gasteiger partial charge is 0.407 e. The zero-order chi connectivity index (χ0) is 76.9. The third kappa shape index (κ3) is 27.6. The Morgan fingerprint density at radius 2 is 1.33 bits per heavy atom. The fourth-order valence-electron chi connectivity index (χ4n) is 11.9. The third-order valence-electron chi connectivity index (χ3n) is 17.4. The molecule has 0 saturated carbocycles. The maximum Gasteiger partial charge on any atom is 0.407 e. The SMILES string of the molecule is CNC(=O)[C@@H](CCC(C)=O)NC(=O)[C@H](Cc1ccc(C)cc1)NC(=O)[C@H](CC(C)=O)NC(=O)COCCOCCNC(=O)OCC1c2ccccc2-c2ccccc21.CNC(=O)[C@@H]1CSSC[C@H](C)C(=O)N2C[C@H](C)C[C@H]2C(=O)N[C@@H](Cc2ccc(O)c(I)c2)C(=O)NCC(=O)N[C@@H](CC(C)C)C(=O)N1. The van der Waals surface area contributed by atoms with Crippen molar-refractivity contribution in [2.75, 3.05) is 78.3 Å². The van der Waals surface area contributed by atoms with E-state index in [-0.39, 0.29) is 112 Å². The summed E-state index contributed by atoms with van der Waals surface area (Å²) in [6.45, 7) is 12.3. The van der Waals surface area contributed by atoms with Gasteiger partial charge in [0.1, 0.15) is 72.8 Å². The number of halogens is 1. The molecule has 2 aliphatic heterocycles. The van der Waals surface area contributed by atoms with Crippen LogP contribution in [0.2, 0.25) is 0 Å². The quantitative estimate of drug-likeness (QED) is 0.0219. The number of benzene rings is 4. The van der Waals surface area contributed by atoms with Crippen molar-refractivity contribution in [1.82, 2.24) is 58.1 Å². The first-order chi connectivity index (χ1) is 50.0. The Hall–Kier alpha value is -8.66. The molecule has 31 heteroatoms. The summed E-state index contributed by atoms with van der Waals surface area (Å²) in [5, 5.41) is 36.3. The van der Waals surface area contributed by atoms with Gasteiger partial charge >= 0.3 is 6.09 Å². The number of alkyl carbamates (subject to hydrolysis) is 1. The molecule has 7 rings (SSSR count). The van der Waals surface area contributed by atoms with Crippen molar-refractivity contribution in [2.24, 2.45) is 17.8 Å². The van der Waals surface area contributed by atoms with E-state index < -0.39 is 121 Å². The normalized spacial score (nSPS) is 19.5. The van der Waals surface area contributed by atoms with Crippen molar-refractivity contribution in [3.05, 3.63) is 122 Å². The maximum atomic E-state index is 13.7. The van der Waals surface area contributed by atoms with Crippen molar-refractivity contribution in [3.63, 3.8) is 0 Å². The van der Waals surface area contributed by atoms with Crippen molar-refractivity contribution < 1.29 is 81.6 Å². The molecular formula is C74H98IN11O17S2. The zero-order valence-corrected chi connectivity index (χ0v) is 64.4. The molecule has 2 fully saturated rings. The van der Waals surface area contributed by atoms with Crippen LogP contribution in [-0.2, 0) is 84.6 Å². The van der Waals surface area contributed by atoms with Crippen LogP contribution in [0.4, 0.5) is 4.79 Å². The van der Waals surface area contributed by atoms with Crippen LogP contribution < -0.4 is 53.2 Å². The summed E-state index contributed by atoms with van der Waals surface area (Å²) in [7, 11) is 5.62. The van der Waals surface area contributed by atoms with Crippen LogP contribution >= 0.6 is 44.2 Å². The molecule has 0 bridgehead atoms. The molecule has 0 radical (unpaired) electrons. The van der Waals surface area contributed by atoms with E-state index in [1.807, 2.05) is 98.8 Å². The van der Waals surface area contributed by atoms with Gasteiger partial charge in [0.05, 0.1) is 29.9 Å². The minimum absolute atomic E-state index is 0.0247. The molecule has 0 aromatic heterocycles. The second-order valence-corrected chi connectivity index (χ2v) is 30.3. The minimum atomic E-state index is -1.32. The number of aromatic hydroxyl groups is 1. The number of nitrogens with one attached hydrogen (secondary N) is 10. The van der Waals surface area contributed by atoms with Crippen LogP contribution in [0.15, 0.2) is 91.0 Å². The number of nitrogens with zero attached hydrogens (tertiary/aromatic N) is 1. The van der Waals surface area contributed by atoms with E-state index in [1.54, 1.807) is 36.1 Å². The van der Waals surface area contributed by atoms with Gasteiger partial charge in [-0.3, -0.25) is 52.7 Å². The molecule has 0 spiro atoms. The summed E-state index contributed by atoms with van der Waals surface area (Å²) in [4.78, 5) is 170. The van der Waals surface area contributed by atoms with E-state index in [0.29, 0.717) is 39.8 Å². The largest absolute Gasteiger partial charge is 0.507 e. The monoisotopic (exact) mass is 1600 g/mol. The second-order valence-electron chi connectivity index (χ2n) is 26.6. The molecule has 3 aliphatic rings. The number of carbonyl (C=O) groups excluding carboxylic acids is 13. The highest BCUT2D eigenvalue weighted by Crippen LogP contribution is 2.44. The van der Waals surface area contributed by atoms with Gasteiger partial charge in [0.15, 0.2) is 0 Å². The van der Waals surface area contributed by atoms with Crippen LogP contribution in [-0.4, -0.2) is 207 Å². The lowest BCUT2D eigenvalue weighted by atomic mass is 9.98. The topological polar surface area (TPSA) is 393 Å². The van der Waals surface area contributed by atoms with Crippen molar-refractivity contribution in [1.29, 1.82) is 0 Å². The molecule has 9 atom stereocenters. The number of hydrogen-bond donors (Lipinski definition) is 11. The Morgan fingerprint density at radius 1 is 0.695 bits per heavy atom. The average molecular weight is 1600 g/mol. The number of aryl methyl sites for hydroxylation is 1. The number of Topliss-reactive ketones (excluding diaryl/α,β-unsaturated/α-hetero) is 2. The molecule has 11 amide bonds. The average Bonchev–Trinajstić information content (AvgIpc) is 1.61.